The van der Waals surface area contributed by atoms with Crippen molar-refractivity contribution < 1.29 is 14.2 Å². The van der Waals surface area contributed by atoms with Crippen molar-refractivity contribution in [2.45, 2.75) is 13.0 Å². The molecule has 1 aliphatic rings. The molecule has 18 heavy (non-hydrogen) atoms. The van der Waals surface area contributed by atoms with Gasteiger partial charge in [0.25, 0.3) is 0 Å². The fourth-order valence-electron chi connectivity index (χ4n) is 2.22. The Kier molecular flexibility index (Phi) is 4.32. The number of rotatable bonds is 3. The van der Waals surface area contributed by atoms with Crippen molar-refractivity contribution in [2.75, 3.05) is 33.9 Å². The van der Waals surface area contributed by atoms with Crippen LogP contribution in [0.2, 0.25) is 5.02 Å². The van der Waals surface area contributed by atoms with E-state index < -0.39 is 0 Å². The first-order chi connectivity index (χ1) is 8.69. The number of morpholine rings is 1. The molecule has 1 unspecified atom stereocenters. The van der Waals surface area contributed by atoms with E-state index in [1.165, 1.54) is 0 Å². The molecule has 1 aliphatic heterocycles. The summed E-state index contributed by atoms with van der Waals surface area (Å²) < 4.78 is 16.6. The molecule has 0 aliphatic carbocycles. The maximum absolute atomic E-state index is 6.23. The van der Waals surface area contributed by atoms with Gasteiger partial charge in [-0.3, -0.25) is 0 Å². The van der Waals surface area contributed by atoms with Gasteiger partial charge in [0.2, 0.25) is 0 Å². The minimum absolute atomic E-state index is 0.0544. The lowest BCUT2D eigenvalue weighted by Crippen LogP contribution is -2.34. The third-order valence-electron chi connectivity index (χ3n) is 3.16. The highest BCUT2D eigenvalue weighted by Gasteiger charge is 2.25. The van der Waals surface area contributed by atoms with Crippen LogP contribution in [0.1, 0.15) is 17.2 Å². The minimum Gasteiger partial charge on any atom is -0.493 e. The molecular formula is C13H18ClNO3. The summed E-state index contributed by atoms with van der Waals surface area (Å²) >= 11 is 6.23. The topological polar surface area (TPSA) is 39.7 Å². The van der Waals surface area contributed by atoms with E-state index in [0.29, 0.717) is 23.1 Å². The van der Waals surface area contributed by atoms with Gasteiger partial charge in [0.1, 0.15) is 0 Å². The Balaban J connectivity index is 2.51. The van der Waals surface area contributed by atoms with Crippen LogP contribution >= 0.6 is 11.6 Å². The second kappa shape index (κ2) is 5.78. The number of methoxy groups -OCH3 is 2. The van der Waals surface area contributed by atoms with E-state index in [1.54, 1.807) is 20.3 Å². The minimum atomic E-state index is -0.0544. The second-order valence-electron chi connectivity index (χ2n) is 4.20. The molecule has 1 aromatic carbocycles. The van der Waals surface area contributed by atoms with Gasteiger partial charge < -0.3 is 19.5 Å². The van der Waals surface area contributed by atoms with E-state index in [-0.39, 0.29) is 6.10 Å². The highest BCUT2D eigenvalue weighted by Crippen LogP contribution is 2.42. The predicted molar refractivity (Wildman–Crippen MR) is 70.9 cm³/mol. The third-order valence-corrected chi connectivity index (χ3v) is 3.55. The highest BCUT2D eigenvalue weighted by molar-refractivity contribution is 6.31. The van der Waals surface area contributed by atoms with Crippen LogP contribution in [0.4, 0.5) is 0 Å². The summed E-state index contributed by atoms with van der Waals surface area (Å²) in [5.74, 6) is 1.34. The van der Waals surface area contributed by atoms with Crippen LogP contribution < -0.4 is 14.8 Å². The van der Waals surface area contributed by atoms with Gasteiger partial charge in [-0.05, 0) is 12.5 Å². The maximum atomic E-state index is 6.23. The van der Waals surface area contributed by atoms with Crippen molar-refractivity contribution in [3.63, 3.8) is 0 Å². The first-order valence-corrected chi connectivity index (χ1v) is 6.30. The van der Waals surface area contributed by atoms with Crippen LogP contribution in [0.25, 0.3) is 0 Å². The lowest BCUT2D eigenvalue weighted by molar-refractivity contribution is 0.0257. The van der Waals surface area contributed by atoms with Crippen LogP contribution in [-0.4, -0.2) is 33.9 Å². The number of halogens is 1. The smallest absolute Gasteiger partial charge is 0.166 e. The number of hydrogen-bond donors (Lipinski definition) is 1. The average molecular weight is 272 g/mol. The molecule has 0 aromatic heterocycles. The largest absolute Gasteiger partial charge is 0.493 e. The van der Waals surface area contributed by atoms with E-state index in [1.807, 2.05) is 6.92 Å². The number of hydrogen-bond acceptors (Lipinski definition) is 4. The summed E-state index contributed by atoms with van der Waals surface area (Å²) in [5.41, 5.74) is 1.94. The molecule has 1 N–H and O–H groups in total. The van der Waals surface area contributed by atoms with E-state index in [9.17, 15) is 0 Å². The Morgan fingerprint density at radius 3 is 2.72 bits per heavy atom. The van der Waals surface area contributed by atoms with Crippen molar-refractivity contribution >= 4 is 11.6 Å². The first-order valence-electron chi connectivity index (χ1n) is 5.92. The van der Waals surface area contributed by atoms with Crippen molar-refractivity contribution in [1.29, 1.82) is 0 Å². The standard InChI is InChI=1S/C13H18ClNO3/c1-8-9(14)6-10(16-2)13(17-3)12(8)11-7-15-4-5-18-11/h6,11,15H,4-5,7H2,1-3H3. The SMILES string of the molecule is COc1cc(Cl)c(C)c(C2CNCCO2)c1OC. The zero-order chi connectivity index (χ0) is 13.1. The molecule has 4 nitrogen and oxygen atoms in total. The summed E-state index contributed by atoms with van der Waals surface area (Å²) in [7, 11) is 3.23. The zero-order valence-corrected chi connectivity index (χ0v) is 11.6. The van der Waals surface area contributed by atoms with Gasteiger partial charge >= 0.3 is 0 Å². The quantitative estimate of drug-likeness (QED) is 0.916. The third kappa shape index (κ3) is 2.41. The van der Waals surface area contributed by atoms with Gasteiger partial charge in [-0.2, -0.15) is 0 Å². The number of nitrogens with one attached hydrogen (secondary N) is 1. The maximum Gasteiger partial charge on any atom is 0.166 e. The molecule has 1 aromatic rings. The van der Waals surface area contributed by atoms with Crippen LogP contribution in [-0.2, 0) is 4.74 Å². The first kappa shape index (κ1) is 13.5. The van der Waals surface area contributed by atoms with Crippen LogP contribution in [0.5, 0.6) is 11.5 Å². The molecule has 0 saturated carbocycles. The predicted octanol–water partition coefficient (Wildman–Crippen LogP) is 2.33. The highest BCUT2D eigenvalue weighted by atomic mass is 35.5. The fourth-order valence-corrected chi connectivity index (χ4v) is 2.42. The summed E-state index contributed by atoms with van der Waals surface area (Å²) in [6.45, 7) is 4.27. The molecule has 0 bridgehead atoms. The molecule has 0 radical (unpaired) electrons. The van der Waals surface area contributed by atoms with Crippen LogP contribution in [0, 0.1) is 6.92 Å². The molecule has 1 atom stereocenters. The molecule has 1 heterocycles. The monoisotopic (exact) mass is 271 g/mol. The Hall–Kier alpha value is -0.970. The Morgan fingerprint density at radius 1 is 1.39 bits per heavy atom. The van der Waals surface area contributed by atoms with Crippen molar-refractivity contribution in [1.82, 2.24) is 5.32 Å². The van der Waals surface area contributed by atoms with E-state index >= 15 is 0 Å². The fraction of sp³-hybridized carbons (Fsp3) is 0.538. The molecule has 5 heteroatoms. The van der Waals surface area contributed by atoms with Gasteiger partial charge in [-0.25, -0.2) is 0 Å². The molecule has 0 amide bonds. The van der Waals surface area contributed by atoms with Gasteiger partial charge in [0.15, 0.2) is 11.5 Å². The van der Waals surface area contributed by atoms with E-state index in [2.05, 4.69) is 5.32 Å². The van der Waals surface area contributed by atoms with Gasteiger partial charge in [0.05, 0.1) is 26.9 Å². The van der Waals surface area contributed by atoms with Crippen molar-refractivity contribution in [2.24, 2.45) is 0 Å². The molecule has 1 fully saturated rings. The van der Waals surface area contributed by atoms with Gasteiger partial charge in [0, 0.05) is 29.7 Å². The molecular weight excluding hydrogens is 254 g/mol. The van der Waals surface area contributed by atoms with E-state index in [4.69, 9.17) is 25.8 Å². The molecule has 100 valence electrons. The van der Waals surface area contributed by atoms with Crippen LogP contribution in [0.3, 0.4) is 0 Å². The summed E-state index contributed by atoms with van der Waals surface area (Å²) in [6, 6.07) is 1.77. The van der Waals surface area contributed by atoms with Crippen molar-refractivity contribution in [3.8, 4) is 11.5 Å². The number of ether oxygens (including phenoxy) is 3. The lowest BCUT2D eigenvalue weighted by Gasteiger charge is -2.27. The van der Waals surface area contributed by atoms with E-state index in [0.717, 1.165) is 24.2 Å². The zero-order valence-electron chi connectivity index (χ0n) is 10.9. The van der Waals surface area contributed by atoms with Crippen molar-refractivity contribution in [3.05, 3.63) is 22.2 Å². The Bertz CT molecular complexity index is 431. The molecule has 0 spiro atoms. The van der Waals surface area contributed by atoms with Gasteiger partial charge in [-0.1, -0.05) is 11.6 Å². The Labute approximate surface area is 112 Å². The normalized spacial score (nSPS) is 19.7. The summed E-state index contributed by atoms with van der Waals surface area (Å²) in [6.07, 6.45) is -0.0544. The van der Waals surface area contributed by atoms with Gasteiger partial charge in [-0.15, -0.1) is 0 Å². The summed E-state index contributed by atoms with van der Waals surface area (Å²) in [5, 5.41) is 3.97. The Morgan fingerprint density at radius 2 is 2.17 bits per heavy atom. The lowest BCUT2D eigenvalue weighted by atomic mass is 10.0. The molecule has 1 saturated heterocycles. The average Bonchev–Trinajstić information content (AvgIpc) is 2.42. The van der Waals surface area contributed by atoms with Crippen LogP contribution in [0.15, 0.2) is 6.07 Å². The second-order valence-corrected chi connectivity index (χ2v) is 4.60. The summed E-state index contributed by atoms with van der Waals surface area (Å²) in [4.78, 5) is 0. The number of benzene rings is 1. The molecule has 2 rings (SSSR count).